The molecule has 0 saturated heterocycles. The zero-order valence-electron chi connectivity index (χ0n) is 18.1. The van der Waals surface area contributed by atoms with E-state index >= 15 is 0 Å². The number of benzene rings is 3. The second-order valence-corrected chi connectivity index (χ2v) is 8.60. The van der Waals surface area contributed by atoms with Crippen molar-refractivity contribution in [3.8, 4) is 11.5 Å². The first-order valence-electron chi connectivity index (χ1n) is 10.4. The van der Waals surface area contributed by atoms with Crippen LogP contribution in [0.15, 0.2) is 54.6 Å². The number of aryl methyl sites for hydroxylation is 2. The van der Waals surface area contributed by atoms with Gasteiger partial charge in [-0.15, -0.1) is 0 Å². The van der Waals surface area contributed by atoms with E-state index in [2.05, 4.69) is 56.3 Å². The smallest absolute Gasteiger partial charge is 0.161 e. The number of quaternary nitrogens is 1. The molecule has 1 aliphatic rings. The molecule has 4 heteroatoms. The van der Waals surface area contributed by atoms with Crippen molar-refractivity contribution in [3.63, 3.8) is 0 Å². The predicted molar refractivity (Wildman–Crippen MR) is 122 cm³/mol. The van der Waals surface area contributed by atoms with Gasteiger partial charge in [0.05, 0.1) is 20.8 Å². The maximum Gasteiger partial charge on any atom is 0.161 e. The van der Waals surface area contributed by atoms with Crippen molar-refractivity contribution in [1.82, 2.24) is 0 Å². The number of nitrogens with one attached hydrogen (secondary N) is 1. The van der Waals surface area contributed by atoms with Crippen LogP contribution in [0.25, 0.3) is 0 Å². The minimum Gasteiger partial charge on any atom is -0.493 e. The van der Waals surface area contributed by atoms with E-state index in [4.69, 9.17) is 21.1 Å². The summed E-state index contributed by atoms with van der Waals surface area (Å²) in [5.41, 5.74) is 7.90. The highest BCUT2D eigenvalue weighted by atomic mass is 35.5. The molecule has 0 bridgehead atoms. The second kappa shape index (κ2) is 8.71. The van der Waals surface area contributed by atoms with Crippen LogP contribution in [0.2, 0.25) is 5.02 Å². The Morgan fingerprint density at radius 1 is 0.967 bits per heavy atom. The Hall–Kier alpha value is -2.49. The molecule has 2 atom stereocenters. The molecular weight excluding hydrogens is 394 g/mol. The second-order valence-electron chi connectivity index (χ2n) is 8.16. The van der Waals surface area contributed by atoms with Crippen molar-refractivity contribution in [3.05, 3.63) is 93.0 Å². The van der Waals surface area contributed by atoms with E-state index in [0.29, 0.717) is 0 Å². The number of hydrogen-bond acceptors (Lipinski definition) is 2. The summed E-state index contributed by atoms with van der Waals surface area (Å²) in [5.74, 6) is 1.57. The Labute approximate surface area is 184 Å². The quantitative estimate of drug-likeness (QED) is 0.643. The van der Waals surface area contributed by atoms with E-state index in [9.17, 15) is 0 Å². The van der Waals surface area contributed by atoms with Gasteiger partial charge in [-0.3, -0.25) is 0 Å². The number of hydrogen-bond donors (Lipinski definition) is 1. The fourth-order valence-corrected chi connectivity index (χ4v) is 4.81. The van der Waals surface area contributed by atoms with Gasteiger partial charge in [-0.05, 0) is 49.2 Å². The Bertz CT molecular complexity index is 1060. The van der Waals surface area contributed by atoms with Crippen molar-refractivity contribution in [1.29, 1.82) is 0 Å². The van der Waals surface area contributed by atoms with Crippen LogP contribution in [-0.2, 0) is 13.0 Å². The van der Waals surface area contributed by atoms with Crippen molar-refractivity contribution in [2.45, 2.75) is 32.9 Å². The van der Waals surface area contributed by atoms with Crippen LogP contribution in [0, 0.1) is 13.8 Å². The summed E-state index contributed by atoms with van der Waals surface area (Å²) in [7, 11) is 3.39. The van der Waals surface area contributed by atoms with E-state index in [1.165, 1.54) is 38.3 Å². The molecule has 156 valence electrons. The average Bonchev–Trinajstić information content (AvgIpc) is 2.75. The highest BCUT2D eigenvalue weighted by molar-refractivity contribution is 6.30. The van der Waals surface area contributed by atoms with Crippen LogP contribution >= 0.6 is 11.6 Å². The van der Waals surface area contributed by atoms with Gasteiger partial charge in [-0.1, -0.05) is 47.5 Å². The first-order valence-corrected chi connectivity index (χ1v) is 10.8. The van der Waals surface area contributed by atoms with Gasteiger partial charge in [0, 0.05) is 28.1 Å². The summed E-state index contributed by atoms with van der Waals surface area (Å²) in [6.07, 6.45) is 1.01. The van der Waals surface area contributed by atoms with Crippen molar-refractivity contribution < 1.29 is 14.4 Å². The summed E-state index contributed by atoms with van der Waals surface area (Å²) >= 11 is 6.40. The van der Waals surface area contributed by atoms with Crippen molar-refractivity contribution >= 4 is 11.6 Å². The lowest BCUT2D eigenvalue weighted by molar-refractivity contribution is -0.941. The molecule has 1 unspecified atom stereocenters. The fourth-order valence-electron chi connectivity index (χ4n) is 4.61. The summed E-state index contributed by atoms with van der Waals surface area (Å²) in [6, 6.07) is 19.5. The molecule has 4 rings (SSSR count). The number of methoxy groups -OCH3 is 2. The summed E-state index contributed by atoms with van der Waals surface area (Å²) in [6.45, 7) is 6.38. The molecule has 0 amide bonds. The van der Waals surface area contributed by atoms with Crippen LogP contribution in [-0.4, -0.2) is 20.8 Å². The van der Waals surface area contributed by atoms with E-state index in [1.807, 2.05) is 12.1 Å². The van der Waals surface area contributed by atoms with E-state index in [0.717, 1.165) is 36.0 Å². The minimum atomic E-state index is 0.187. The molecular formula is C26H29ClNO2+. The first kappa shape index (κ1) is 20.8. The van der Waals surface area contributed by atoms with Gasteiger partial charge in [-0.25, -0.2) is 0 Å². The standard InChI is InChI=1S/C26H28ClNO2/c1-17-8-9-18(2)21(12-17)16-28-11-10-19-14-24(29-3)25(30-4)15-23(19)26(28)20-6-5-7-22(27)13-20/h5-9,12-15,26H,10-11,16H2,1-4H3/p+1/t26-/m0/s1. The first-order chi connectivity index (χ1) is 14.5. The highest BCUT2D eigenvalue weighted by Gasteiger charge is 2.34. The van der Waals surface area contributed by atoms with Gasteiger partial charge < -0.3 is 14.4 Å². The molecule has 0 radical (unpaired) electrons. The Morgan fingerprint density at radius 2 is 1.73 bits per heavy atom. The van der Waals surface area contributed by atoms with E-state index < -0.39 is 0 Å². The molecule has 3 aromatic carbocycles. The SMILES string of the molecule is COc1cc2c(cc1OC)[C@H](c1cccc(Cl)c1)[NH+](Cc1cc(C)ccc1C)CC2. The lowest BCUT2D eigenvalue weighted by atomic mass is 9.87. The third-order valence-electron chi connectivity index (χ3n) is 6.18. The lowest BCUT2D eigenvalue weighted by Gasteiger charge is -2.35. The monoisotopic (exact) mass is 422 g/mol. The van der Waals surface area contributed by atoms with Gasteiger partial charge in [-0.2, -0.15) is 0 Å². The number of ether oxygens (including phenoxy) is 2. The number of halogens is 1. The summed E-state index contributed by atoms with van der Waals surface area (Å²) < 4.78 is 11.2. The predicted octanol–water partition coefficient (Wildman–Crippen LogP) is 4.70. The van der Waals surface area contributed by atoms with Gasteiger partial charge >= 0.3 is 0 Å². The molecule has 3 nitrogen and oxygen atoms in total. The Morgan fingerprint density at radius 3 is 2.47 bits per heavy atom. The highest BCUT2D eigenvalue weighted by Crippen LogP contribution is 2.36. The third kappa shape index (κ3) is 4.05. The summed E-state index contributed by atoms with van der Waals surface area (Å²) in [5, 5.41) is 0.770. The van der Waals surface area contributed by atoms with Crippen molar-refractivity contribution in [2.75, 3.05) is 20.8 Å². The van der Waals surface area contributed by atoms with Gasteiger partial charge in [0.15, 0.2) is 11.5 Å². The fraction of sp³-hybridized carbons (Fsp3) is 0.308. The topological polar surface area (TPSA) is 22.9 Å². The summed E-state index contributed by atoms with van der Waals surface area (Å²) in [4.78, 5) is 1.52. The molecule has 30 heavy (non-hydrogen) atoms. The van der Waals surface area contributed by atoms with Crippen LogP contribution in [0.4, 0.5) is 0 Å². The minimum absolute atomic E-state index is 0.187. The van der Waals surface area contributed by atoms with E-state index in [1.54, 1.807) is 14.2 Å². The van der Waals surface area contributed by atoms with Crippen LogP contribution in [0.3, 0.4) is 0 Å². The molecule has 0 fully saturated rings. The molecule has 0 spiro atoms. The number of fused-ring (bicyclic) bond motifs is 1. The average molecular weight is 423 g/mol. The molecule has 1 N–H and O–H groups in total. The van der Waals surface area contributed by atoms with E-state index in [-0.39, 0.29) is 6.04 Å². The normalized spacial score (nSPS) is 18.0. The molecule has 3 aromatic rings. The van der Waals surface area contributed by atoms with Gasteiger partial charge in [0.1, 0.15) is 12.6 Å². The van der Waals surface area contributed by atoms with Crippen LogP contribution in [0.5, 0.6) is 11.5 Å². The van der Waals surface area contributed by atoms with Gasteiger partial charge in [0.25, 0.3) is 0 Å². The maximum atomic E-state index is 6.40. The third-order valence-corrected chi connectivity index (χ3v) is 6.42. The van der Waals surface area contributed by atoms with Crippen molar-refractivity contribution in [2.24, 2.45) is 0 Å². The Kier molecular flexibility index (Phi) is 6.03. The zero-order valence-corrected chi connectivity index (χ0v) is 18.8. The molecule has 0 saturated carbocycles. The van der Waals surface area contributed by atoms with Crippen LogP contribution < -0.4 is 14.4 Å². The number of rotatable bonds is 5. The molecule has 1 aliphatic heterocycles. The largest absolute Gasteiger partial charge is 0.493 e. The molecule has 0 aliphatic carbocycles. The maximum absolute atomic E-state index is 6.40. The van der Waals surface area contributed by atoms with Gasteiger partial charge in [0.2, 0.25) is 0 Å². The molecule has 0 aromatic heterocycles. The molecule has 1 heterocycles. The Balaban J connectivity index is 1.82. The van der Waals surface area contributed by atoms with Crippen LogP contribution in [0.1, 0.15) is 39.4 Å². The lowest BCUT2D eigenvalue weighted by Crippen LogP contribution is -3.12. The zero-order chi connectivity index (χ0) is 21.3.